The summed E-state index contributed by atoms with van der Waals surface area (Å²) in [5, 5.41) is 2.68. The van der Waals surface area contributed by atoms with Gasteiger partial charge in [0.25, 0.3) is 0 Å². The summed E-state index contributed by atoms with van der Waals surface area (Å²) >= 11 is 5.04. The Morgan fingerprint density at radius 1 is 1.09 bits per heavy atom. The van der Waals surface area contributed by atoms with Crippen molar-refractivity contribution in [3.63, 3.8) is 0 Å². The molecule has 0 saturated carbocycles. The van der Waals surface area contributed by atoms with Crippen molar-refractivity contribution in [1.29, 1.82) is 0 Å². The van der Waals surface area contributed by atoms with Crippen LogP contribution in [0.4, 0.5) is 18.9 Å². The zero-order chi connectivity index (χ0) is 16.0. The van der Waals surface area contributed by atoms with Crippen molar-refractivity contribution in [2.45, 2.75) is 38.3 Å². The molecule has 2 rings (SSSR count). The summed E-state index contributed by atoms with van der Waals surface area (Å²) in [6.07, 6.45) is 3.02. The third-order valence-electron chi connectivity index (χ3n) is 3.36. The highest BCUT2D eigenvalue weighted by atomic mass is 32.1. The Kier molecular flexibility index (Phi) is 5.65. The molecule has 0 spiro atoms. The molecule has 22 heavy (non-hydrogen) atoms. The average molecular weight is 329 g/mol. The molecular weight excluding hydrogens is 311 g/mol. The third kappa shape index (κ3) is 4.91. The Hall–Kier alpha value is -1.76. The van der Waals surface area contributed by atoms with Gasteiger partial charge < -0.3 is 10.7 Å². The predicted molar refractivity (Wildman–Crippen MR) is 85.1 cm³/mol. The first-order valence-corrected chi connectivity index (χ1v) is 7.56. The fraction of sp³-hybridized carbons (Fsp3) is 0.400. The number of hydrogen-bond donors (Lipinski definition) is 3. The number of benzene rings is 1. The van der Waals surface area contributed by atoms with Gasteiger partial charge in [-0.3, -0.25) is 5.43 Å². The van der Waals surface area contributed by atoms with Crippen LogP contribution in [-0.2, 0) is 6.18 Å². The molecule has 0 bridgehead atoms. The van der Waals surface area contributed by atoms with Crippen LogP contribution in [-0.4, -0.2) is 5.11 Å². The molecule has 7 heteroatoms. The molecule has 1 aromatic rings. The van der Waals surface area contributed by atoms with E-state index in [2.05, 4.69) is 22.2 Å². The number of hydrogen-bond acceptors (Lipinski definition) is 2. The highest BCUT2D eigenvalue weighted by Crippen LogP contribution is 2.34. The zero-order valence-electron chi connectivity index (χ0n) is 12.0. The molecule has 0 aliphatic heterocycles. The summed E-state index contributed by atoms with van der Waals surface area (Å²) in [5.41, 5.74) is 5.92. The first kappa shape index (κ1) is 16.6. The van der Waals surface area contributed by atoms with Gasteiger partial charge in [0.15, 0.2) is 5.11 Å². The van der Waals surface area contributed by atoms with Gasteiger partial charge in [-0.1, -0.05) is 24.6 Å². The van der Waals surface area contributed by atoms with E-state index >= 15 is 0 Å². The van der Waals surface area contributed by atoms with Crippen molar-refractivity contribution in [1.82, 2.24) is 10.9 Å². The van der Waals surface area contributed by atoms with E-state index in [1.54, 1.807) is 0 Å². The van der Waals surface area contributed by atoms with Crippen LogP contribution in [0, 0.1) is 0 Å². The highest BCUT2D eigenvalue weighted by molar-refractivity contribution is 7.80. The average Bonchev–Trinajstić information content (AvgIpc) is 2.73. The van der Waals surface area contributed by atoms with Crippen molar-refractivity contribution in [2.24, 2.45) is 0 Å². The molecule has 3 nitrogen and oxygen atoms in total. The smallest absolute Gasteiger partial charge is 0.331 e. The van der Waals surface area contributed by atoms with Crippen molar-refractivity contribution in [2.75, 3.05) is 5.32 Å². The summed E-state index contributed by atoms with van der Waals surface area (Å²) in [6, 6.07) is 5.24. The number of nitrogens with one attached hydrogen (secondary N) is 3. The molecular formula is C15H18F3N3S. The Balaban J connectivity index is 1.94. The molecule has 120 valence electrons. The number of halogens is 3. The fourth-order valence-corrected chi connectivity index (χ4v) is 2.42. The molecule has 3 N–H and O–H groups in total. The predicted octanol–water partition coefficient (Wildman–Crippen LogP) is 4.34. The van der Waals surface area contributed by atoms with Gasteiger partial charge >= 0.3 is 6.18 Å². The van der Waals surface area contributed by atoms with Crippen LogP contribution in [0.3, 0.4) is 0 Å². The molecule has 0 fully saturated rings. The Morgan fingerprint density at radius 3 is 2.64 bits per heavy atom. The lowest BCUT2D eigenvalue weighted by molar-refractivity contribution is -0.136. The van der Waals surface area contributed by atoms with Crippen LogP contribution in [0.5, 0.6) is 0 Å². The van der Waals surface area contributed by atoms with Crippen LogP contribution in [0.1, 0.15) is 37.7 Å². The topological polar surface area (TPSA) is 36.1 Å². The molecule has 0 unspecified atom stereocenters. The minimum absolute atomic E-state index is 0.0656. The maximum absolute atomic E-state index is 12.9. The molecule has 1 aliphatic carbocycles. The van der Waals surface area contributed by atoms with E-state index in [9.17, 15) is 13.2 Å². The molecule has 1 aromatic carbocycles. The molecule has 0 aromatic heterocycles. The molecule has 0 saturated heterocycles. The lowest BCUT2D eigenvalue weighted by atomic mass is 10.2. The second kappa shape index (κ2) is 7.49. The minimum Gasteiger partial charge on any atom is -0.331 e. The lowest BCUT2D eigenvalue weighted by Crippen LogP contribution is -2.39. The lowest BCUT2D eigenvalue weighted by Gasteiger charge is -2.17. The number of para-hydroxylation sites is 1. The maximum Gasteiger partial charge on any atom is 0.418 e. The van der Waals surface area contributed by atoms with E-state index in [0.29, 0.717) is 0 Å². The van der Waals surface area contributed by atoms with Crippen LogP contribution in [0.25, 0.3) is 0 Å². The fourth-order valence-electron chi connectivity index (χ4n) is 2.26. The van der Waals surface area contributed by atoms with E-state index in [-0.39, 0.29) is 10.8 Å². The third-order valence-corrected chi connectivity index (χ3v) is 3.56. The van der Waals surface area contributed by atoms with Gasteiger partial charge in [0, 0.05) is 5.70 Å². The number of allylic oxidation sites excluding steroid dienone is 2. The van der Waals surface area contributed by atoms with Gasteiger partial charge in [-0.15, -0.1) is 0 Å². The first-order chi connectivity index (χ1) is 10.5. The van der Waals surface area contributed by atoms with Crippen molar-refractivity contribution < 1.29 is 13.2 Å². The van der Waals surface area contributed by atoms with Gasteiger partial charge in [0.1, 0.15) is 0 Å². The second-order valence-electron chi connectivity index (χ2n) is 5.08. The number of rotatable bonds is 3. The molecule has 0 amide bonds. The summed E-state index contributed by atoms with van der Waals surface area (Å²) in [7, 11) is 0. The normalized spacial score (nSPS) is 15.5. The van der Waals surface area contributed by atoms with Gasteiger partial charge in [-0.2, -0.15) is 13.2 Å². The number of thiocarbonyl (C=S) groups is 1. The van der Waals surface area contributed by atoms with Crippen molar-refractivity contribution in [3.8, 4) is 0 Å². The van der Waals surface area contributed by atoms with Gasteiger partial charge in [0.05, 0.1) is 11.3 Å². The monoisotopic (exact) mass is 329 g/mol. The summed E-state index contributed by atoms with van der Waals surface area (Å²) in [5.74, 6) is 0. The van der Waals surface area contributed by atoms with Crippen LogP contribution in [0.2, 0.25) is 0 Å². The van der Waals surface area contributed by atoms with Gasteiger partial charge in [-0.25, -0.2) is 0 Å². The standard InChI is InChI=1S/C15H18F3N3S/c16-15(17,18)12-9-5-6-10-13(12)19-14(22)21-20-11-7-3-1-2-4-8-11/h5-7,9-10,20H,1-4,8H2,(H2,19,21,22). The van der Waals surface area contributed by atoms with Gasteiger partial charge in [0.2, 0.25) is 0 Å². The van der Waals surface area contributed by atoms with E-state index < -0.39 is 11.7 Å². The van der Waals surface area contributed by atoms with E-state index in [1.165, 1.54) is 24.6 Å². The Morgan fingerprint density at radius 2 is 1.86 bits per heavy atom. The molecule has 0 atom stereocenters. The van der Waals surface area contributed by atoms with E-state index in [1.807, 2.05) is 0 Å². The molecule has 1 aliphatic rings. The quantitative estimate of drug-likeness (QED) is 0.569. The second-order valence-corrected chi connectivity index (χ2v) is 5.48. The zero-order valence-corrected chi connectivity index (χ0v) is 12.8. The molecule has 0 heterocycles. The Bertz CT molecular complexity index is 555. The maximum atomic E-state index is 12.9. The van der Waals surface area contributed by atoms with E-state index in [0.717, 1.165) is 37.4 Å². The summed E-state index contributed by atoms with van der Waals surface area (Å²) in [6.45, 7) is 0. The first-order valence-electron chi connectivity index (χ1n) is 7.15. The van der Waals surface area contributed by atoms with Crippen molar-refractivity contribution in [3.05, 3.63) is 41.6 Å². The summed E-state index contributed by atoms with van der Waals surface area (Å²) < 4.78 is 38.7. The number of anilines is 1. The number of hydrazine groups is 1. The SMILES string of the molecule is FC(F)(F)c1ccccc1NC(=S)NNC1=CCCCCC1. The van der Waals surface area contributed by atoms with E-state index in [4.69, 9.17) is 12.2 Å². The number of alkyl halides is 3. The van der Waals surface area contributed by atoms with Crippen LogP contribution in [0.15, 0.2) is 36.0 Å². The summed E-state index contributed by atoms with van der Waals surface area (Å²) in [4.78, 5) is 0. The van der Waals surface area contributed by atoms with Crippen LogP contribution < -0.4 is 16.2 Å². The van der Waals surface area contributed by atoms with Crippen LogP contribution >= 0.6 is 12.2 Å². The highest BCUT2D eigenvalue weighted by Gasteiger charge is 2.33. The van der Waals surface area contributed by atoms with Crippen molar-refractivity contribution >= 4 is 23.0 Å². The van der Waals surface area contributed by atoms with Gasteiger partial charge in [-0.05, 0) is 50.0 Å². The molecule has 0 radical (unpaired) electrons. The Labute approximate surface area is 132 Å². The largest absolute Gasteiger partial charge is 0.418 e. The minimum atomic E-state index is -4.42.